The van der Waals surface area contributed by atoms with Gasteiger partial charge in [0.2, 0.25) is 0 Å². The molecule has 2 nitrogen and oxygen atoms in total. The van der Waals surface area contributed by atoms with Crippen molar-refractivity contribution in [1.29, 1.82) is 0 Å². The Morgan fingerprint density at radius 2 is 0.532 bits per heavy atom. The standard InChI is InChI=1S/C109H108N2/c1-75-37-53-88(54-38-75)102(84-24-10-6-11-25-84)71-80-45-61-92(62-46-80)110(93-63-47-81(48-64-93)72-103(85-26-12-7-13-27-85)89-55-39-76(2)40-56-89)106-70-69-101(107-79(5)23-22-36-100(106)107)108-96-32-18-20-34-98(96)109(99-35-21-19-33-97(99)108)111(94-65-49-82(50-66-94)73-104(86-28-14-8-15-29-86)90-57-41-77(3)42-58-90)95-67-51-83(52-68-95)74-105(87-30-16-9-17-31-87)91-59-43-78(4)44-60-91/h18-23,32-74,84-87H,6-17,24-31H2,1-5H3/b102-71+,103-72+,104-73+,105-74+. The fourth-order valence-corrected chi connectivity index (χ4v) is 19.4. The molecule has 4 fully saturated rings. The van der Waals surface area contributed by atoms with E-state index in [-0.39, 0.29) is 0 Å². The van der Waals surface area contributed by atoms with Crippen LogP contribution >= 0.6 is 0 Å². The molecule has 0 radical (unpaired) electrons. The van der Waals surface area contributed by atoms with Crippen molar-refractivity contribution in [3.8, 4) is 11.1 Å². The smallest absolute Gasteiger partial charge is 0.0618 e. The van der Waals surface area contributed by atoms with Crippen molar-refractivity contribution in [3.63, 3.8) is 0 Å². The molecule has 0 atom stereocenters. The number of benzene rings is 13. The summed E-state index contributed by atoms with van der Waals surface area (Å²) < 4.78 is 0. The van der Waals surface area contributed by atoms with Crippen LogP contribution in [-0.4, -0.2) is 0 Å². The molecule has 554 valence electrons. The number of aryl methyl sites for hydroxylation is 5. The van der Waals surface area contributed by atoms with Gasteiger partial charge < -0.3 is 9.80 Å². The quantitative estimate of drug-likeness (QED) is 0.0588. The van der Waals surface area contributed by atoms with Crippen molar-refractivity contribution in [2.24, 2.45) is 23.7 Å². The van der Waals surface area contributed by atoms with Crippen LogP contribution in [-0.2, 0) is 0 Å². The van der Waals surface area contributed by atoms with Gasteiger partial charge in [0, 0.05) is 38.9 Å². The van der Waals surface area contributed by atoms with E-state index in [2.05, 4.69) is 342 Å². The molecule has 4 aliphatic rings. The van der Waals surface area contributed by atoms with E-state index < -0.39 is 0 Å². The minimum Gasteiger partial charge on any atom is -0.310 e. The lowest BCUT2D eigenvalue weighted by Crippen LogP contribution is -2.12. The minimum atomic E-state index is 0.548. The molecule has 2 heteroatoms. The molecular weight excluding hydrogens is 1340 g/mol. The second-order valence-corrected chi connectivity index (χ2v) is 33.2. The van der Waals surface area contributed by atoms with E-state index in [0.29, 0.717) is 23.7 Å². The summed E-state index contributed by atoms with van der Waals surface area (Å²) in [5, 5.41) is 7.32. The van der Waals surface area contributed by atoms with Crippen molar-refractivity contribution in [2.45, 2.75) is 163 Å². The molecule has 0 bridgehead atoms. The van der Waals surface area contributed by atoms with Crippen LogP contribution in [0.25, 0.3) is 90.0 Å². The van der Waals surface area contributed by atoms with Crippen molar-refractivity contribution >= 4 is 113 Å². The number of hydrogen-bond acceptors (Lipinski definition) is 2. The first kappa shape index (κ1) is 73.0. The maximum absolute atomic E-state index is 2.57. The Balaban J connectivity index is 0.818. The summed E-state index contributed by atoms with van der Waals surface area (Å²) in [5.41, 5.74) is 32.0. The molecule has 0 N–H and O–H groups in total. The van der Waals surface area contributed by atoms with E-state index in [0.717, 1.165) is 28.4 Å². The zero-order chi connectivity index (χ0) is 75.2. The molecule has 13 aromatic rings. The minimum absolute atomic E-state index is 0.548. The van der Waals surface area contributed by atoms with Gasteiger partial charge >= 0.3 is 0 Å². The third kappa shape index (κ3) is 16.0. The fourth-order valence-electron chi connectivity index (χ4n) is 19.4. The maximum Gasteiger partial charge on any atom is 0.0618 e. The second-order valence-electron chi connectivity index (χ2n) is 33.2. The molecule has 4 saturated carbocycles. The summed E-state index contributed by atoms with van der Waals surface area (Å²) in [7, 11) is 0. The molecule has 0 unspecified atom stereocenters. The lowest BCUT2D eigenvalue weighted by atomic mass is 9.80. The number of anilines is 6. The highest BCUT2D eigenvalue weighted by molar-refractivity contribution is 6.25. The Bertz CT molecular complexity index is 5230. The fraction of sp³-hybridized carbons (Fsp3) is 0.266. The third-order valence-corrected chi connectivity index (χ3v) is 25.5. The van der Waals surface area contributed by atoms with Gasteiger partial charge in [0.1, 0.15) is 0 Å². The summed E-state index contributed by atoms with van der Waals surface area (Å²) in [6.45, 7) is 11.1. The van der Waals surface area contributed by atoms with Crippen LogP contribution < -0.4 is 9.80 Å². The first-order chi connectivity index (χ1) is 54.6. The zero-order valence-electron chi connectivity index (χ0n) is 66.1. The Hall–Kier alpha value is -10.8. The molecule has 0 spiro atoms. The van der Waals surface area contributed by atoms with Gasteiger partial charge in [0.25, 0.3) is 0 Å². The Morgan fingerprint density at radius 1 is 0.252 bits per heavy atom. The van der Waals surface area contributed by atoms with Gasteiger partial charge in [0.15, 0.2) is 0 Å². The Labute approximate surface area is 661 Å². The molecule has 0 amide bonds. The lowest BCUT2D eigenvalue weighted by Gasteiger charge is -2.31. The number of fused-ring (bicyclic) bond motifs is 3. The SMILES string of the molecule is Cc1ccc(/C(=C/c2ccc(N(c3ccc(/C=C(/c4ccc(C)cc4)C4CCCCC4)cc3)c3c4ccccc4c(-c4ccc(N(c5ccc(/C=C(/c6ccc(C)cc6)C6CCCCC6)cc5)c5ccc(/C=C(/c6ccc(C)cc6)C6CCCCC6)cc5)c5cccc(C)c45)c4ccccc34)cc2)C2CCCCC2)cc1. The van der Waals surface area contributed by atoms with Crippen LogP contribution in [0, 0.1) is 58.3 Å². The topological polar surface area (TPSA) is 6.48 Å². The highest BCUT2D eigenvalue weighted by atomic mass is 15.2. The van der Waals surface area contributed by atoms with Crippen LogP contribution in [0.2, 0.25) is 0 Å². The molecular formula is C109H108N2. The summed E-state index contributed by atoms with van der Waals surface area (Å²) >= 11 is 0. The van der Waals surface area contributed by atoms with Gasteiger partial charge in [-0.05, 0) is 264 Å². The summed E-state index contributed by atoms with van der Waals surface area (Å²) in [6, 6.07) is 106. The predicted molar refractivity (Wildman–Crippen MR) is 481 cm³/mol. The van der Waals surface area contributed by atoms with Crippen molar-refractivity contribution in [3.05, 3.63) is 345 Å². The average molecular weight is 1450 g/mol. The molecule has 13 aromatic carbocycles. The lowest BCUT2D eigenvalue weighted by molar-refractivity contribution is 0.430. The van der Waals surface area contributed by atoms with Crippen molar-refractivity contribution in [2.75, 3.05) is 9.80 Å². The van der Waals surface area contributed by atoms with Gasteiger partial charge in [-0.1, -0.05) is 342 Å². The molecule has 0 aromatic heterocycles. The van der Waals surface area contributed by atoms with E-state index in [1.807, 2.05) is 0 Å². The Morgan fingerprint density at radius 3 is 0.838 bits per heavy atom. The third-order valence-electron chi connectivity index (χ3n) is 25.5. The van der Waals surface area contributed by atoms with Crippen LogP contribution in [0.5, 0.6) is 0 Å². The first-order valence-electron chi connectivity index (χ1n) is 42.2. The van der Waals surface area contributed by atoms with Crippen LogP contribution in [0.3, 0.4) is 0 Å². The largest absolute Gasteiger partial charge is 0.310 e. The van der Waals surface area contributed by atoms with Gasteiger partial charge in [-0.2, -0.15) is 0 Å². The van der Waals surface area contributed by atoms with Gasteiger partial charge in [-0.15, -0.1) is 0 Å². The highest BCUT2D eigenvalue weighted by Gasteiger charge is 2.29. The van der Waals surface area contributed by atoms with E-state index in [4.69, 9.17) is 0 Å². The first-order valence-corrected chi connectivity index (χ1v) is 42.2. The van der Waals surface area contributed by atoms with Crippen LogP contribution in [0.15, 0.2) is 273 Å². The zero-order valence-corrected chi connectivity index (χ0v) is 66.1. The van der Waals surface area contributed by atoms with Crippen LogP contribution in [0.4, 0.5) is 34.1 Å². The summed E-state index contributed by atoms with van der Waals surface area (Å²) in [5.74, 6) is 2.20. The van der Waals surface area contributed by atoms with Gasteiger partial charge in [0.05, 0.1) is 11.4 Å². The van der Waals surface area contributed by atoms with E-state index >= 15 is 0 Å². The van der Waals surface area contributed by atoms with Crippen LogP contribution in [0.1, 0.15) is 201 Å². The maximum atomic E-state index is 2.57. The number of hydrogen-bond donors (Lipinski definition) is 0. The number of allylic oxidation sites excluding steroid dienone is 4. The van der Waals surface area contributed by atoms with Crippen molar-refractivity contribution in [1.82, 2.24) is 0 Å². The summed E-state index contributed by atoms with van der Waals surface area (Å²) in [4.78, 5) is 5.11. The normalized spacial score (nSPS) is 16.2. The predicted octanol–water partition coefficient (Wildman–Crippen LogP) is 31.8. The van der Waals surface area contributed by atoms with E-state index in [9.17, 15) is 0 Å². The second kappa shape index (κ2) is 33.4. The summed E-state index contributed by atoms with van der Waals surface area (Å²) in [6.07, 6.45) is 35.6. The van der Waals surface area contributed by atoms with Gasteiger partial charge in [-0.25, -0.2) is 0 Å². The highest BCUT2D eigenvalue weighted by Crippen LogP contribution is 2.53. The van der Waals surface area contributed by atoms with Crippen molar-refractivity contribution < 1.29 is 0 Å². The number of nitrogens with zero attached hydrogens (tertiary/aromatic N) is 2. The molecule has 4 aliphatic carbocycles. The average Bonchev–Trinajstić information content (AvgIpc) is 0.717. The molecule has 0 heterocycles. The number of rotatable bonds is 19. The molecule has 0 saturated heterocycles. The van der Waals surface area contributed by atoms with Gasteiger partial charge in [-0.3, -0.25) is 0 Å². The van der Waals surface area contributed by atoms with E-state index in [1.165, 1.54) is 272 Å². The molecule has 111 heavy (non-hydrogen) atoms. The van der Waals surface area contributed by atoms with E-state index in [1.54, 1.807) is 0 Å². The molecule has 0 aliphatic heterocycles. The monoisotopic (exact) mass is 1440 g/mol. The Kier molecular flexibility index (Phi) is 22.0. The molecule has 17 rings (SSSR count).